The van der Waals surface area contributed by atoms with Crippen molar-refractivity contribution in [2.75, 3.05) is 4.72 Å². The highest BCUT2D eigenvalue weighted by Gasteiger charge is 2.17. The predicted molar refractivity (Wildman–Crippen MR) is 67.8 cm³/mol. The van der Waals surface area contributed by atoms with Crippen LogP contribution in [0.4, 0.5) is 5.69 Å². The van der Waals surface area contributed by atoms with E-state index >= 15 is 0 Å². The molecule has 0 amide bonds. The molecule has 18 heavy (non-hydrogen) atoms. The average Bonchev–Trinajstić information content (AvgIpc) is 2.82. The van der Waals surface area contributed by atoms with Crippen molar-refractivity contribution >= 4 is 15.7 Å². The summed E-state index contributed by atoms with van der Waals surface area (Å²) in [4.78, 5) is 0. The second-order valence-electron chi connectivity index (χ2n) is 4.22. The van der Waals surface area contributed by atoms with Crippen LogP contribution < -0.4 is 4.72 Å². The highest BCUT2D eigenvalue weighted by Crippen LogP contribution is 2.20. The van der Waals surface area contributed by atoms with Crippen LogP contribution in [0, 0.1) is 0 Å². The van der Waals surface area contributed by atoms with Crippen LogP contribution in [0.5, 0.6) is 0 Å². The van der Waals surface area contributed by atoms with Gasteiger partial charge in [-0.05, 0) is 23.6 Å². The van der Waals surface area contributed by atoms with Gasteiger partial charge in [-0.15, -0.1) is 0 Å². The van der Waals surface area contributed by atoms with Gasteiger partial charge in [0.25, 0.3) is 10.0 Å². The summed E-state index contributed by atoms with van der Waals surface area (Å²) in [7, 11) is -3.67. The summed E-state index contributed by atoms with van der Waals surface area (Å²) < 4.78 is 30.8. The van der Waals surface area contributed by atoms with Gasteiger partial charge in [-0.25, -0.2) is 0 Å². The molecule has 0 radical (unpaired) electrons. The molecule has 2 aromatic rings. The summed E-state index contributed by atoms with van der Waals surface area (Å²) >= 11 is 0. The molecule has 0 saturated carbocycles. The van der Waals surface area contributed by atoms with Crippen molar-refractivity contribution < 1.29 is 12.9 Å². The van der Waals surface area contributed by atoms with E-state index in [0.29, 0.717) is 11.6 Å². The first kappa shape index (κ1) is 12.6. The molecule has 0 atom stereocenters. The third kappa shape index (κ3) is 2.70. The minimum Gasteiger partial charge on any atom is -0.363 e. The molecule has 0 aliphatic heterocycles. The van der Waals surface area contributed by atoms with Gasteiger partial charge >= 0.3 is 0 Å². The first-order valence-corrected chi connectivity index (χ1v) is 7.00. The van der Waals surface area contributed by atoms with Crippen LogP contribution in [0.25, 0.3) is 0 Å². The maximum Gasteiger partial charge on any atom is 0.282 e. The van der Waals surface area contributed by atoms with Crippen molar-refractivity contribution in [2.24, 2.45) is 0 Å². The third-order valence-electron chi connectivity index (χ3n) is 2.49. The lowest BCUT2D eigenvalue weighted by molar-refractivity contribution is 0.401. The van der Waals surface area contributed by atoms with Gasteiger partial charge in [-0.3, -0.25) is 4.72 Å². The third-order valence-corrected chi connectivity index (χ3v) is 3.76. The fourth-order valence-corrected chi connectivity index (χ4v) is 2.43. The van der Waals surface area contributed by atoms with Gasteiger partial charge in [-0.2, -0.15) is 8.42 Å². The predicted octanol–water partition coefficient (Wildman–Crippen LogP) is 2.60. The standard InChI is InChI=1S/C12H14N2O3S/c1-9(2)10-4-3-5-11(8-10)14-18(15,16)12-6-7-17-13-12/h3-9,14H,1-2H3. The van der Waals surface area contributed by atoms with Gasteiger partial charge in [-0.1, -0.05) is 31.1 Å². The highest BCUT2D eigenvalue weighted by molar-refractivity contribution is 7.92. The normalized spacial score (nSPS) is 11.7. The molecule has 0 spiro atoms. The van der Waals surface area contributed by atoms with Crippen molar-refractivity contribution in [1.82, 2.24) is 5.16 Å². The number of benzene rings is 1. The molecule has 2 rings (SSSR count). The van der Waals surface area contributed by atoms with Gasteiger partial charge in [0.2, 0.25) is 5.03 Å². The van der Waals surface area contributed by atoms with Gasteiger partial charge in [0.05, 0.1) is 0 Å². The molecule has 1 aromatic heterocycles. The topological polar surface area (TPSA) is 72.2 Å². The molecule has 0 saturated heterocycles. The zero-order valence-electron chi connectivity index (χ0n) is 10.1. The number of hydrogen-bond donors (Lipinski definition) is 1. The summed E-state index contributed by atoms with van der Waals surface area (Å²) in [5.74, 6) is 0.335. The van der Waals surface area contributed by atoms with E-state index in [2.05, 4.69) is 14.4 Å². The molecule has 5 nitrogen and oxygen atoms in total. The zero-order chi connectivity index (χ0) is 13.2. The largest absolute Gasteiger partial charge is 0.363 e. The van der Waals surface area contributed by atoms with E-state index in [0.717, 1.165) is 5.56 Å². The first-order chi connectivity index (χ1) is 8.49. The van der Waals surface area contributed by atoms with E-state index in [9.17, 15) is 8.42 Å². The number of sulfonamides is 1. The van der Waals surface area contributed by atoms with Gasteiger partial charge in [0.1, 0.15) is 6.26 Å². The van der Waals surface area contributed by atoms with Crippen LogP contribution in [-0.4, -0.2) is 13.6 Å². The molecule has 1 heterocycles. The summed E-state index contributed by atoms with van der Waals surface area (Å²) in [5, 5.41) is 3.29. The molecule has 1 N–H and O–H groups in total. The lowest BCUT2D eigenvalue weighted by Gasteiger charge is -2.09. The maximum atomic E-state index is 11.9. The van der Waals surface area contributed by atoms with Gasteiger partial charge in [0.15, 0.2) is 0 Å². The molecule has 0 aliphatic rings. The molecule has 0 fully saturated rings. The minimum absolute atomic E-state index is 0.127. The fraction of sp³-hybridized carbons (Fsp3) is 0.250. The molecule has 6 heteroatoms. The number of anilines is 1. The second kappa shape index (κ2) is 4.81. The number of aromatic nitrogens is 1. The molecule has 0 unspecified atom stereocenters. The van der Waals surface area contributed by atoms with Crippen molar-refractivity contribution in [3.8, 4) is 0 Å². The number of rotatable bonds is 4. The molecule has 0 bridgehead atoms. The van der Waals surface area contributed by atoms with E-state index in [1.54, 1.807) is 6.07 Å². The Morgan fingerprint density at radius 3 is 2.67 bits per heavy atom. The Bertz CT molecular complexity index is 619. The maximum absolute atomic E-state index is 11.9. The quantitative estimate of drug-likeness (QED) is 0.923. The Kier molecular flexibility index (Phi) is 3.38. The zero-order valence-corrected chi connectivity index (χ0v) is 10.9. The van der Waals surface area contributed by atoms with E-state index in [1.165, 1.54) is 12.3 Å². The molecular formula is C12H14N2O3S. The minimum atomic E-state index is -3.67. The van der Waals surface area contributed by atoms with Crippen molar-refractivity contribution in [2.45, 2.75) is 24.8 Å². The monoisotopic (exact) mass is 266 g/mol. The second-order valence-corrected chi connectivity index (χ2v) is 5.85. The Labute approximate surface area is 106 Å². The molecule has 0 aliphatic carbocycles. The molecule has 1 aromatic carbocycles. The summed E-state index contributed by atoms with van der Waals surface area (Å²) in [6.07, 6.45) is 1.22. The van der Waals surface area contributed by atoms with Crippen LogP contribution in [-0.2, 0) is 10.0 Å². The smallest absolute Gasteiger partial charge is 0.282 e. The Morgan fingerprint density at radius 2 is 2.06 bits per heavy atom. The molecule has 96 valence electrons. The van der Waals surface area contributed by atoms with E-state index in [-0.39, 0.29) is 5.03 Å². The first-order valence-electron chi connectivity index (χ1n) is 5.52. The summed E-state index contributed by atoms with van der Waals surface area (Å²) in [5.41, 5.74) is 1.58. The number of hydrogen-bond acceptors (Lipinski definition) is 4. The van der Waals surface area contributed by atoms with Crippen LogP contribution in [0.2, 0.25) is 0 Å². The Hall–Kier alpha value is -1.82. The van der Waals surface area contributed by atoms with Crippen LogP contribution in [0.1, 0.15) is 25.3 Å². The lowest BCUT2D eigenvalue weighted by Crippen LogP contribution is -2.13. The number of nitrogens with one attached hydrogen (secondary N) is 1. The van der Waals surface area contributed by atoms with Gasteiger partial charge in [0, 0.05) is 11.8 Å². The van der Waals surface area contributed by atoms with Crippen molar-refractivity contribution in [3.63, 3.8) is 0 Å². The lowest BCUT2D eigenvalue weighted by atomic mass is 10.0. The van der Waals surface area contributed by atoms with Crippen LogP contribution in [0.15, 0.2) is 46.1 Å². The van der Waals surface area contributed by atoms with E-state index in [4.69, 9.17) is 0 Å². The Morgan fingerprint density at radius 1 is 1.28 bits per heavy atom. The summed E-state index contributed by atoms with van der Waals surface area (Å²) in [6, 6.07) is 8.58. The van der Waals surface area contributed by atoms with Crippen molar-refractivity contribution in [3.05, 3.63) is 42.2 Å². The fourth-order valence-electron chi connectivity index (χ4n) is 1.51. The van der Waals surface area contributed by atoms with E-state index in [1.807, 2.05) is 32.0 Å². The molecular weight excluding hydrogens is 252 g/mol. The summed E-state index contributed by atoms with van der Waals surface area (Å²) in [6.45, 7) is 4.09. The van der Waals surface area contributed by atoms with Crippen LogP contribution in [0.3, 0.4) is 0 Å². The number of nitrogens with zero attached hydrogens (tertiary/aromatic N) is 1. The highest BCUT2D eigenvalue weighted by atomic mass is 32.2. The SMILES string of the molecule is CC(C)c1cccc(NS(=O)(=O)c2ccon2)c1. The van der Waals surface area contributed by atoms with Crippen molar-refractivity contribution in [1.29, 1.82) is 0 Å². The van der Waals surface area contributed by atoms with Gasteiger partial charge < -0.3 is 4.52 Å². The average molecular weight is 266 g/mol. The Balaban J connectivity index is 2.27. The van der Waals surface area contributed by atoms with Crippen LogP contribution >= 0.6 is 0 Å². The van der Waals surface area contributed by atoms with E-state index < -0.39 is 10.0 Å².